The molecule has 0 saturated heterocycles. The minimum Gasteiger partial charge on any atom is -0.378 e. The molecule has 0 bridgehead atoms. The zero-order valence-corrected chi connectivity index (χ0v) is 25.5. The van der Waals surface area contributed by atoms with E-state index in [1.165, 1.54) is 19.3 Å². The SMILES string of the molecule is CC(=O)c1ccc(C#C[C@@]2(O)CC[C@@]3(C)[C@H](CC[C@@H]4[C@@H]3CC[C@]3(C)[C@@H](C(=O)CSc5ccncc5)CC[C@@H]43)C2)cc1. The highest BCUT2D eigenvalue weighted by Crippen LogP contribution is 2.68. The van der Waals surface area contributed by atoms with Crippen LogP contribution in [0, 0.1) is 52.3 Å². The van der Waals surface area contributed by atoms with Crippen molar-refractivity contribution in [1.82, 2.24) is 4.98 Å². The van der Waals surface area contributed by atoms with Crippen molar-refractivity contribution in [1.29, 1.82) is 0 Å². The molecule has 0 radical (unpaired) electrons. The molecule has 0 amide bonds. The maximum Gasteiger partial charge on any atom is 0.159 e. The van der Waals surface area contributed by atoms with Crippen molar-refractivity contribution in [2.45, 2.75) is 89.1 Å². The van der Waals surface area contributed by atoms with E-state index >= 15 is 0 Å². The van der Waals surface area contributed by atoms with Crippen LogP contribution in [0.2, 0.25) is 0 Å². The van der Waals surface area contributed by atoms with E-state index in [0.29, 0.717) is 40.8 Å². The Hall–Kier alpha value is -2.42. The molecule has 1 aromatic heterocycles. The summed E-state index contributed by atoms with van der Waals surface area (Å²) >= 11 is 1.66. The van der Waals surface area contributed by atoms with Crippen molar-refractivity contribution in [3.63, 3.8) is 0 Å². The number of hydrogen-bond donors (Lipinski definition) is 1. The van der Waals surface area contributed by atoms with Gasteiger partial charge in [-0.1, -0.05) is 37.8 Å². The molecule has 4 saturated carbocycles. The van der Waals surface area contributed by atoms with Crippen molar-refractivity contribution < 1.29 is 14.7 Å². The fourth-order valence-electron chi connectivity index (χ4n) is 9.55. The minimum atomic E-state index is -0.948. The van der Waals surface area contributed by atoms with Crippen LogP contribution in [0.25, 0.3) is 0 Å². The molecule has 1 N–H and O–H groups in total. The predicted molar refractivity (Wildman–Crippen MR) is 163 cm³/mol. The van der Waals surface area contributed by atoms with E-state index in [1.54, 1.807) is 31.1 Å². The second-order valence-corrected chi connectivity index (χ2v) is 14.9. The number of fused-ring (bicyclic) bond motifs is 5. The molecule has 4 aliphatic carbocycles. The summed E-state index contributed by atoms with van der Waals surface area (Å²) in [5, 5.41) is 11.6. The Kier molecular flexibility index (Phi) is 7.70. The number of pyridine rings is 1. The van der Waals surface area contributed by atoms with Crippen LogP contribution < -0.4 is 0 Å². The molecular formula is C36H43NO3S. The van der Waals surface area contributed by atoms with E-state index < -0.39 is 5.60 Å². The van der Waals surface area contributed by atoms with Crippen LogP contribution in [0.4, 0.5) is 0 Å². The summed E-state index contributed by atoms with van der Waals surface area (Å²) in [7, 11) is 0. The first kappa shape index (κ1) is 28.7. The maximum atomic E-state index is 13.5. The fraction of sp³-hybridized carbons (Fsp3) is 0.583. The smallest absolute Gasteiger partial charge is 0.159 e. The van der Waals surface area contributed by atoms with E-state index in [1.807, 2.05) is 36.4 Å². The Morgan fingerprint density at radius 1 is 0.927 bits per heavy atom. The molecular weight excluding hydrogens is 526 g/mol. The molecule has 0 aliphatic heterocycles. The van der Waals surface area contributed by atoms with Crippen LogP contribution >= 0.6 is 11.8 Å². The first-order valence-electron chi connectivity index (χ1n) is 15.5. The van der Waals surface area contributed by atoms with Gasteiger partial charge in [-0.25, -0.2) is 0 Å². The van der Waals surface area contributed by atoms with Crippen molar-refractivity contribution in [2.24, 2.45) is 40.4 Å². The molecule has 0 unspecified atom stereocenters. The number of carbonyl (C=O) groups is 2. The van der Waals surface area contributed by atoms with Crippen LogP contribution in [0.5, 0.6) is 0 Å². The Morgan fingerprint density at radius 2 is 1.66 bits per heavy atom. The lowest BCUT2D eigenvalue weighted by Gasteiger charge is -2.61. The van der Waals surface area contributed by atoms with Crippen molar-refractivity contribution in [2.75, 3.05) is 5.75 Å². The van der Waals surface area contributed by atoms with Gasteiger partial charge in [0.15, 0.2) is 5.78 Å². The second kappa shape index (κ2) is 11.0. The Bertz CT molecular complexity index is 1360. The number of Topliss-reactive ketones (excluding diaryl/α,β-unsaturated/α-hetero) is 2. The summed E-state index contributed by atoms with van der Waals surface area (Å²) in [6.07, 6.45) is 13.0. The van der Waals surface area contributed by atoms with Crippen LogP contribution in [-0.2, 0) is 4.79 Å². The lowest BCUT2D eigenvalue weighted by molar-refractivity contribution is -0.144. The quantitative estimate of drug-likeness (QED) is 0.231. The van der Waals surface area contributed by atoms with Crippen molar-refractivity contribution in [3.8, 4) is 11.8 Å². The number of ketones is 2. The zero-order chi connectivity index (χ0) is 28.8. The molecule has 4 aliphatic rings. The number of hydrogen-bond acceptors (Lipinski definition) is 5. The van der Waals surface area contributed by atoms with Gasteiger partial charge in [-0.2, -0.15) is 0 Å². The maximum absolute atomic E-state index is 13.5. The van der Waals surface area contributed by atoms with E-state index in [0.717, 1.165) is 49.0 Å². The Labute approximate surface area is 249 Å². The molecule has 4 fully saturated rings. The lowest BCUT2D eigenvalue weighted by Crippen LogP contribution is -2.56. The van der Waals surface area contributed by atoms with E-state index in [4.69, 9.17) is 0 Å². The standard InChI is InChI=1S/C36H43NO3S/c1-24(38)26-6-4-25(5-7-26)12-17-36(40)19-18-34(2)27(22-36)8-9-29-30-10-11-32(35(30,3)16-13-31(29)34)33(39)23-41-28-14-20-37-21-15-28/h4-7,14-15,20-21,27,29-32,40H,8-11,13,16,18-19,22-23H2,1-3H3/t27-,29+,30+,31+,32-,34+,35+,36-/m1/s1. The third kappa shape index (κ3) is 5.32. The molecule has 2 aromatic rings. The highest BCUT2D eigenvalue weighted by Gasteiger charge is 2.62. The first-order valence-corrected chi connectivity index (χ1v) is 16.5. The number of aromatic nitrogens is 1. The van der Waals surface area contributed by atoms with Crippen LogP contribution in [-0.4, -0.2) is 33.0 Å². The lowest BCUT2D eigenvalue weighted by atomic mass is 9.44. The van der Waals surface area contributed by atoms with Crippen molar-refractivity contribution >= 4 is 23.3 Å². The zero-order valence-electron chi connectivity index (χ0n) is 24.7. The molecule has 1 heterocycles. The number of benzene rings is 1. The van der Waals surface area contributed by atoms with Gasteiger partial charge in [-0.05, 0) is 123 Å². The molecule has 1 aromatic carbocycles. The number of aliphatic hydroxyl groups is 1. The summed E-state index contributed by atoms with van der Waals surface area (Å²) in [4.78, 5) is 30.3. The normalized spacial score (nSPS) is 37.6. The van der Waals surface area contributed by atoms with E-state index in [9.17, 15) is 14.7 Å². The topological polar surface area (TPSA) is 67.3 Å². The van der Waals surface area contributed by atoms with Crippen LogP contribution in [0.1, 0.15) is 94.5 Å². The van der Waals surface area contributed by atoms with E-state index in [-0.39, 0.29) is 22.5 Å². The van der Waals surface area contributed by atoms with E-state index in [2.05, 4.69) is 30.7 Å². The molecule has 5 heteroatoms. The number of rotatable bonds is 5. The molecule has 41 heavy (non-hydrogen) atoms. The van der Waals surface area contributed by atoms with Gasteiger partial charge in [0.2, 0.25) is 0 Å². The summed E-state index contributed by atoms with van der Waals surface area (Å²) in [6, 6.07) is 11.4. The molecule has 0 spiro atoms. The van der Waals surface area contributed by atoms with Gasteiger partial charge >= 0.3 is 0 Å². The molecule has 216 valence electrons. The molecule has 8 atom stereocenters. The summed E-state index contributed by atoms with van der Waals surface area (Å²) in [5.74, 6) is 10.2. The first-order chi connectivity index (χ1) is 19.6. The van der Waals surface area contributed by atoms with Gasteiger partial charge in [-0.3, -0.25) is 14.6 Å². The van der Waals surface area contributed by atoms with Crippen molar-refractivity contribution in [3.05, 3.63) is 59.9 Å². The summed E-state index contributed by atoms with van der Waals surface area (Å²) < 4.78 is 0. The Morgan fingerprint density at radius 3 is 2.39 bits per heavy atom. The summed E-state index contributed by atoms with van der Waals surface area (Å²) in [6.45, 7) is 6.51. The highest BCUT2D eigenvalue weighted by molar-refractivity contribution is 8.00. The predicted octanol–water partition coefficient (Wildman–Crippen LogP) is 7.39. The third-order valence-electron chi connectivity index (χ3n) is 11.9. The van der Waals surface area contributed by atoms with Gasteiger partial charge in [0.05, 0.1) is 5.75 Å². The van der Waals surface area contributed by atoms with Gasteiger partial charge in [0.25, 0.3) is 0 Å². The van der Waals surface area contributed by atoms with Gasteiger partial charge in [0.1, 0.15) is 11.4 Å². The summed E-state index contributed by atoms with van der Waals surface area (Å²) in [5.41, 5.74) is 0.942. The Balaban J connectivity index is 1.12. The number of thioether (sulfide) groups is 1. The minimum absolute atomic E-state index is 0.0491. The second-order valence-electron chi connectivity index (χ2n) is 13.9. The van der Waals surface area contributed by atoms with Crippen LogP contribution in [0.3, 0.4) is 0 Å². The fourth-order valence-corrected chi connectivity index (χ4v) is 10.4. The van der Waals surface area contributed by atoms with Crippen LogP contribution in [0.15, 0.2) is 53.7 Å². The largest absolute Gasteiger partial charge is 0.378 e. The third-order valence-corrected chi connectivity index (χ3v) is 12.9. The molecule has 6 rings (SSSR count). The average molecular weight is 570 g/mol. The van der Waals surface area contributed by atoms with Gasteiger partial charge in [0, 0.05) is 34.3 Å². The highest BCUT2D eigenvalue weighted by atomic mass is 32.2. The number of nitrogens with zero attached hydrogens (tertiary/aromatic N) is 1. The average Bonchev–Trinajstić information content (AvgIpc) is 3.33. The van der Waals surface area contributed by atoms with Gasteiger partial charge < -0.3 is 5.11 Å². The van der Waals surface area contributed by atoms with Gasteiger partial charge in [-0.15, -0.1) is 11.8 Å². The monoisotopic (exact) mass is 569 g/mol. The molecule has 4 nitrogen and oxygen atoms in total. The number of carbonyl (C=O) groups excluding carboxylic acids is 2.